The first-order valence-electron chi connectivity index (χ1n) is 5.05. The second-order valence-corrected chi connectivity index (χ2v) is 3.71. The maximum Gasteiger partial charge on any atom is 0.327 e. The average molecular weight is 218 g/mol. The van der Waals surface area contributed by atoms with E-state index in [4.69, 9.17) is 5.73 Å². The molecule has 1 unspecified atom stereocenters. The van der Waals surface area contributed by atoms with Crippen LogP contribution < -0.4 is 5.73 Å². The number of ether oxygens (including phenoxy) is 1. The number of esters is 1. The van der Waals surface area contributed by atoms with Crippen molar-refractivity contribution in [1.29, 1.82) is 0 Å². The molecule has 0 saturated heterocycles. The minimum atomic E-state index is -0.735. The third-order valence-corrected chi connectivity index (χ3v) is 2.71. The molecule has 1 atom stereocenters. The summed E-state index contributed by atoms with van der Waals surface area (Å²) in [5, 5.41) is 0.970. The molecule has 0 aliphatic carbocycles. The lowest BCUT2D eigenvalue weighted by atomic mass is 10.0. The van der Waals surface area contributed by atoms with Crippen LogP contribution in [0.2, 0.25) is 0 Å². The van der Waals surface area contributed by atoms with E-state index in [2.05, 4.69) is 9.72 Å². The van der Waals surface area contributed by atoms with Gasteiger partial charge < -0.3 is 15.5 Å². The lowest BCUT2D eigenvalue weighted by Gasteiger charge is -2.09. The molecule has 2 rings (SSSR count). The summed E-state index contributed by atoms with van der Waals surface area (Å²) in [7, 11) is 1.34. The molecular weight excluding hydrogens is 204 g/mol. The summed E-state index contributed by atoms with van der Waals surface area (Å²) in [6.45, 7) is 1.90. The predicted octanol–water partition coefficient (Wildman–Crippen LogP) is 1.65. The van der Waals surface area contributed by atoms with Crippen LogP contribution in [0.3, 0.4) is 0 Å². The Hall–Kier alpha value is -1.81. The number of rotatable bonds is 2. The summed E-state index contributed by atoms with van der Waals surface area (Å²) in [6, 6.07) is 7.02. The fraction of sp³-hybridized carbons (Fsp3) is 0.250. The topological polar surface area (TPSA) is 68.1 Å². The molecular formula is C12H14N2O2. The minimum Gasteiger partial charge on any atom is -0.468 e. The summed E-state index contributed by atoms with van der Waals surface area (Å²) in [4.78, 5) is 14.6. The summed E-state index contributed by atoms with van der Waals surface area (Å²) in [5.41, 5.74) is 8.56. The van der Waals surface area contributed by atoms with Crippen LogP contribution in [0.5, 0.6) is 0 Å². The summed E-state index contributed by atoms with van der Waals surface area (Å²) in [5.74, 6) is -0.423. The number of carbonyl (C=O) groups excluding carboxylic acids is 1. The van der Waals surface area contributed by atoms with Crippen LogP contribution in [0.1, 0.15) is 17.3 Å². The standard InChI is InChI=1S/C12H14N2O2/c1-7-10(11(13)12(15)16-2)8-5-3-4-6-9(8)14-7/h3-6,11,14H,13H2,1-2H3. The lowest BCUT2D eigenvalue weighted by molar-refractivity contribution is -0.142. The van der Waals surface area contributed by atoms with E-state index in [-0.39, 0.29) is 0 Å². The highest BCUT2D eigenvalue weighted by atomic mass is 16.5. The number of aromatic amines is 1. The number of methoxy groups -OCH3 is 1. The second kappa shape index (κ2) is 3.98. The van der Waals surface area contributed by atoms with Crippen LogP contribution in [-0.2, 0) is 9.53 Å². The highest BCUT2D eigenvalue weighted by molar-refractivity contribution is 5.90. The van der Waals surface area contributed by atoms with Crippen LogP contribution in [0.25, 0.3) is 10.9 Å². The molecule has 4 nitrogen and oxygen atoms in total. The highest BCUT2D eigenvalue weighted by Gasteiger charge is 2.22. The number of H-pyrrole nitrogens is 1. The maximum atomic E-state index is 11.4. The molecule has 1 aromatic carbocycles. The normalized spacial score (nSPS) is 12.7. The zero-order valence-corrected chi connectivity index (χ0v) is 9.28. The molecule has 0 fully saturated rings. The van der Waals surface area contributed by atoms with Gasteiger partial charge in [0.2, 0.25) is 0 Å². The van der Waals surface area contributed by atoms with Crippen molar-refractivity contribution in [3.63, 3.8) is 0 Å². The molecule has 0 aliphatic rings. The van der Waals surface area contributed by atoms with Crippen LogP contribution in [0, 0.1) is 6.92 Å². The van der Waals surface area contributed by atoms with E-state index < -0.39 is 12.0 Å². The van der Waals surface area contributed by atoms with Crippen molar-refractivity contribution in [2.75, 3.05) is 7.11 Å². The lowest BCUT2D eigenvalue weighted by Crippen LogP contribution is -2.23. The van der Waals surface area contributed by atoms with E-state index in [0.29, 0.717) is 0 Å². The van der Waals surface area contributed by atoms with Gasteiger partial charge in [-0.25, -0.2) is 0 Å². The van der Waals surface area contributed by atoms with Crippen molar-refractivity contribution in [2.24, 2.45) is 5.73 Å². The fourth-order valence-electron chi connectivity index (χ4n) is 1.94. The zero-order chi connectivity index (χ0) is 11.7. The average Bonchev–Trinajstić information content (AvgIpc) is 2.63. The molecule has 0 aliphatic heterocycles. The van der Waals surface area contributed by atoms with Gasteiger partial charge in [-0.3, -0.25) is 4.79 Å². The molecule has 0 spiro atoms. The van der Waals surface area contributed by atoms with Gasteiger partial charge in [0.1, 0.15) is 6.04 Å². The molecule has 0 amide bonds. The largest absolute Gasteiger partial charge is 0.468 e. The van der Waals surface area contributed by atoms with E-state index in [9.17, 15) is 4.79 Å². The molecule has 1 heterocycles. The van der Waals surface area contributed by atoms with Crippen molar-refractivity contribution in [3.05, 3.63) is 35.5 Å². The van der Waals surface area contributed by atoms with Crippen molar-refractivity contribution in [3.8, 4) is 0 Å². The molecule has 0 bridgehead atoms. The summed E-state index contributed by atoms with van der Waals surface area (Å²) >= 11 is 0. The number of para-hydroxylation sites is 1. The Bertz CT molecular complexity index is 531. The predicted molar refractivity (Wildman–Crippen MR) is 62.0 cm³/mol. The Balaban J connectivity index is 2.59. The van der Waals surface area contributed by atoms with E-state index in [1.165, 1.54) is 7.11 Å². The molecule has 2 aromatic rings. The van der Waals surface area contributed by atoms with E-state index >= 15 is 0 Å². The molecule has 0 radical (unpaired) electrons. The first-order valence-corrected chi connectivity index (χ1v) is 5.05. The van der Waals surface area contributed by atoms with Gasteiger partial charge in [-0.15, -0.1) is 0 Å². The van der Waals surface area contributed by atoms with E-state index in [1.807, 2.05) is 31.2 Å². The zero-order valence-electron chi connectivity index (χ0n) is 9.28. The van der Waals surface area contributed by atoms with Crippen LogP contribution in [-0.4, -0.2) is 18.1 Å². The number of carbonyl (C=O) groups is 1. The number of nitrogens with two attached hydrogens (primary N) is 1. The first kappa shape index (κ1) is 10.7. The SMILES string of the molecule is COC(=O)C(N)c1c(C)[nH]c2ccccc12. The molecule has 84 valence electrons. The van der Waals surface area contributed by atoms with Crippen molar-refractivity contribution < 1.29 is 9.53 Å². The van der Waals surface area contributed by atoms with Gasteiger partial charge in [0.15, 0.2) is 0 Å². The number of aryl methyl sites for hydroxylation is 1. The van der Waals surface area contributed by atoms with Gasteiger partial charge in [0.25, 0.3) is 0 Å². The number of hydrogen-bond acceptors (Lipinski definition) is 3. The van der Waals surface area contributed by atoms with Crippen molar-refractivity contribution >= 4 is 16.9 Å². The van der Waals surface area contributed by atoms with Gasteiger partial charge in [0, 0.05) is 22.2 Å². The van der Waals surface area contributed by atoms with Gasteiger partial charge in [-0.2, -0.15) is 0 Å². The quantitative estimate of drug-likeness (QED) is 0.753. The fourth-order valence-corrected chi connectivity index (χ4v) is 1.94. The van der Waals surface area contributed by atoms with Crippen LogP contribution in [0.4, 0.5) is 0 Å². The summed E-state index contributed by atoms with van der Waals surface area (Å²) < 4.78 is 4.66. The minimum absolute atomic E-state index is 0.423. The first-order chi connectivity index (χ1) is 7.65. The third-order valence-electron chi connectivity index (χ3n) is 2.71. The van der Waals surface area contributed by atoms with E-state index in [0.717, 1.165) is 22.2 Å². The van der Waals surface area contributed by atoms with Gasteiger partial charge in [-0.1, -0.05) is 18.2 Å². The number of benzene rings is 1. The molecule has 1 aromatic heterocycles. The monoisotopic (exact) mass is 218 g/mol. The number of fused-ring (bicyclic) bond motifs is 1. The Morgan fingerprint density at radius 1 is 1.44 bits per heavy atom. The summed E-state index contributed by atoms with van der Waals surface area (Å²) in [6.07, 6.45) is 0. The number of aromatic nitrogens is 1. The van der Waals surface area contributed by atoms with Gasteiger partial charge in [0.05, 0.1) is 7.11 Å². The second-order valence-electron chi connectivity index (χ2n) is 3.71. The number of nitrogens with one attached hydrogen (secondary N) is 1. The Morgan fingerprint density at radius 2 is 2.12 bits per heavy atom. The highest BCUT2D eigenvalue weighted by Crippen LogP contribution is 2.26. The smallest absolute Gasteiger partial charge is 0.327 e. The Morgan fingerprint density at radius 3 is 2.81 bits per heavy atom. The molecule has 16 heavy (non-hydrogen) atoms. The van der Waals surface area contributed by atoms with Gasteiger partial charge in [-0.05, 0) is 13.0 Å². The van der Waals surface area contributed by atoms with Gasteiger partial charge >= 0.3 is 5.97 Å². The van der Waals surface area contributed by atoms with Crippen LogP contribution in [0.15, 0.2) is 24.3 Å². The molecule has 0 saturated carbocycles. The third kappa shape index (κ3) is 1.57. The van der Waals surface area contributed by atoms with Crippen molar-refractivity contribution in [2.45, 2.75) is 13.0 Å². The van der Waals surface area contributed by atoms with Crippen molar-refractivity contribution in [1.82, 2.24) is 4.98 Å². The Labute approximate surface area is 93.4 Å². The molecule has 4 heteroatoms. The maximum absolute atomic E-state index is 11.4. The van der Waals surface area contributed by atoms with E-state index in [1.54, 1.807) is 0 Å². The van der Waals surface area contributed by atoms with Crippen LogP contribution >= 0.6 is 0 Å². The Kier molecular flexibility index (Phi) is 2.66. The molecule has 3 N–H and O–H groups in total. The number of hydrogen-bond donors (Lipinski definition) is 2.